The molecule has 1 aliphatic rings. The van der Waals surface area contributed by atoms with E-state index in [9.17, 15) is 4.79 Å². The Bertz CT molecular complexity index is 1080. The number of hydrogen-bond acceptors (Lipinski definition) is 4. The highest BCUT2D eigenvalue weighted by atomic mass is 32.1. The van der Waals surface area contributed by atoms with Gasteiger partial charge in [-0.1, -0.05) is 50.2 Å². The van der Waals surface area contributed by atoms with Crippen LogP contribution in [0.25, 0.3) is 0 Å². The summed E-state index contributed by atoms with van der Waals surface area (Å²) in [6.07, 6.45) is 0. The normalized spacial score (nSPS) is 18.4. The van der Waals surface area contributed by atoms with Gasteiger partial charge in [-0.15, -0.1) is 11.3 Å². The summed E-state index contributed by atoms with van der Waals surface area (Å²) in [5.74, 6) is 2.12. The molecule has 0 spiro atoms. The molecule has 4 rings (SSSR count). The molecule has 1 fully saturated rings. The van der Waals surface area contributed by atoms with Crippen LogP contribution in [0.5, 0.6) is 5.75 Å². The molecule has 0 radical (unpaired) electrons. The van der Waals surface area contributed by atoms with Crippen LogP contribution in [0.2, 0.25) is 0 Å². The highest BCUT2D eigenvalue weighted by Gasteiger charge is 2.37. The first-order chi connectivity index (χ1) is 16.4. The molecule has 5 heteroatoms. The highest BCUT2D eigenvalue weighted by molar-refractivity contribution is 7.11. The summed E-state index contributed by atoms with van der Waals surface area (Å²) in [5.41, 5.74) is 2.01. The fourth-order valence-corrected chi connectivity index (χ4v) is 6.05. The summed E-state index contributed by atoms with van der Waals surface area (Å²) < 4.78 is 5.75. The number of likely N-dealkylation sites (tertiary alicyclic amines) is 1. The van der Waals surface area contributed by atoms with Crippen molar-refractivity contribution in [3.05, 3.63) is 87.6 Å². The zero-order chi connectivity index (χ0) is 24.1. The average molecular weight is 477 g/mol. The minimum atomic E-state index is 0.125. The molecule has 1 aliphatic heterocycles. The summed E-state index contributed by atoms with van der Waals surface area (Å²) in [7, 11) is 1.75. The van der Waals surface area contributed by atoms with Crippen LogP contribution in [0.15, 0.2) is 66.7 Å². The predicted octanol–water partition coefficient (Wildman–Crippen LogP) is 6.08. The third kappa shape index (κ3) is 5.89. The summed E-state index contributed by atoms with van der Waals surface area (Å²) >= 11 is 1.87. The molecule has 1 amide bonds. The van der Waals surface area contributed by atoms with Crippen molar-refractivity contribution < 1.29 is 9.53 Å². The maximum absolute atomic E-state index is 13.5. The lowest BCUT2D eigenvalue weighted by atomic mass is 9.87. The van der Waals surface area contributed by atoms with Crippen LogP contribution in [0.4, 0.5) is 0 Å². The quantitative estimate of drug-likeness (QED) is 0.375. The van der Waals surface area contributed by atoms with Crippen molar-refractivity contribution in [2.75, 3.05) is 33.3 Å². The van der Waals surface area contributed by atoms with E-state index in [4.69, 9.17) is 4.74 Å². The number of para-hydroxylation sites is 1. The Balaban J connectivity index is 1.61. The first-order valence-electron chi connectivity index (χ1n) is 12.2. The Morgan fingerprint density at radius 2 is 1.79 bits per heavy atom. The van der Waals surface area contributed by atoms with Crippen LogP contribution < -0.4 is 4.74 Å². The van der Waals surface area contributed by atoms with Gasteiger partial charge in [0.25, 0.3) is 5.91 Å². The monoisotopic (exact) mass is 476 g/mol. The van der Waals surface area contributed by atoms with Gasteiger partial charge < -0.3 is 9.64 Å². The van der Waals surface area contributed by atoms with E-state index in [0.717, 1.165) is 44.0 Å². The minimum Gasteiger partial charge on any atom is -0.496 e. The van der Waals surface area contributed by atoms with Crippen LogP contribution in [0.3, 0.4) is 0 Å². The number of rotatable bonds is 9. The molecule has 180 valence electrons. The lowest BCUT2D eigenvalue weighted by Crippen LogP contribution is -2.39. The van der Waals surface area contributed by atoms with E-state index in [1.807, 2.05) is 47.7 Å². The van der Waals surface area contributed by atoms with E-state index >= 15 is 0 Å². The van der Waals surface area contributed by atoms with Gasteiger partial charge in [-0.3, -0.25) is 9.69 Å². The molecule has 0 saturated carbocycles. The van der Waals surface area contributed by atoms with Crippen LogP contribution >= 0.6 is 11.3 Å². The van der Waals surface area contributed by atoms with Crippen LogP contribution in [-0.2, 0) is 6.54 Å². The molecule has 34 heavy (non-hydrogen) atoms. The van der Waals surface area contributed by atoms with Gasteiger partial charge >= 0.3 is 0 Å². The van der Waals surface area contributed by atoms with Crippen molar-refractivity contribution >= 4 is 17.2 Å². The Kier molecular flexibility index (Phi) is 8.07. The Morgan fingerprint density at radius 1 is 1.06 bits per heavy atom. The maximum atomic E-state index is 13.5. The van der Waals surface area contributed by atoms with Crippen LogP contribution in [-0.4, -0.2) is 49.0 Å². The number of nitrogens with zero attached hydrogens (tertiary/aromatic N) is 2. The second-order valence-corrected chi connectivity index (χ2v) is 11.2. The number of aryl methyl sites for hydroxylation is 1. The van der Waals surface area contributed by atoms with Gasteiger partial charge in [0.15, 0.2) is 0 Å². The van der Waals surface area contributed by atoms with Crippen molar-refractivity contribution in [3.63, 3.8) is 0 Å². The molecule has 1 aromatic heterocycles. The zero-order valence-corrected chi connectivity index (χ0v) is 21.6. The SMILES string of the molecule is COc1ccccc1[C@H]1CN(Cc2ccc(C)s2)C[C@@H]1CN(CC(C)C)C(=O)c1ccccc1. The smallest absolute Gasteiger partial charge is 0.253 e. The number of thiophene rings is 1. The van der Waals surface area contributed by atoms with Crippen molar-refractivity contribution in [1.82, 2.24) is 9.80 Å². The summed E-state index contributed by atoms with van der Waals surface area (Å²) in [4.78, 5) is 20.9. The summed E-state index contributed by atoms with van der Waals surface area (Å²) in [5, 5.41) is 0. The molecular weight excluding hydrogens is 440 g/mol. The van der Waals surface area contributed by atoms with Gasteiger partial charge in [-0.2, -0.15) is 0 Å². The number of hydrogen-bond donors (Lipinski definition) is 0. The summed E-state index contributed by atoms with van der Waals surface area (Å²) in [6, 6.07) is 22.5. The molecule has 2 aromatic carbocycles. The second-order valence-electron chi connectivity index (χ2n) is 9.78. The standard InChI is InChI=1S/C29H36N2O2S/c1-21(2)16-31(29(32)23-10-6-5-7-11-23)18-24-17-30(19-25-15-14-22(3)34-25)20-27(24)26-12-8-9-13-28(26)33-4/h5-15,21,24,27H,16-20H2,1-4H3/t24-,27+/m1/s1. The Morgan fingerprint density at radius 3 is 2.47 bits per heavy atom. The fourth-order valence-electron chi connectivity index (χ4n) is 5.12. The van der Waals surface area contributed by atoms with Crippen molar-refractivity contribution in [2.45, 2.75) is 33.2 Å². The van der Waals surface area contributed by atoms with Gasteiger partial charge in [-0.25, -0.2) is 0 Å². The summed E-state index contributed by atoms with van der Waals surface area (Å²) in [6.45, 7) is 10.9. The highest BCUT2D eigenvalue weighted by Crippen LogP contribution is 2.39. The topological polar surface area (TPSA) is 32.8 Å². The third-order valence-electron chi connectivity index (χ3n) is 6.58. The molecule has 2 heterocycles. The van der Waals surface area contributed by atoms with Crippen molar-refractivity contribution in [2.24, 2.45) is 11.8 Å². The lowest BCUT2D eigenvalue weighted by molar-refractivity contribution is 0.0703. The first-order valence-corrected chi connectivity index (χ1v) is 13.0. The van der Waals surface area contributed by atoms with E-state index in [-0.39, 0.29) is 5.91 Å². The van der Waals surface area contributed by atoms with E-state index in [0.29, 0.717) is 17.8 Å². The van der Waals surface area contributed by atoms with E-state index in [2.05, 4.69) is 60.9 Å². The minimum absolute atomic E-state index is 0.125. The molecule has 0 aliphatic carbocycles. The molecule has 0 bridgehead atoms. The van der Waals surface area contributed by atoms with Gasteiger partial charge in [0, 0.05) is 54.0 Å². The molecule has 3 aromatic rings. The van der Waals surface area contributed by atoms with Gasteiger partial charge in [-0.05, 0) is 54.7 Å². The van der Waals surface area contributed by atoms with E-state index in [1.54, 1.807) is 7.11 Å². The second kappa shape index (κ2) is 11.2. The molecule has 2 atom stereocenters. The number of ether oxygens (including phenoxy) is 1. The Labute approximate surface area is 208 Å². The number of benzene rings is 2. The van der Waals surface area contributed by atoms with Crippen molar-refractivity contribution in [1.29, 1.82) is 0 Å². The van der Waals surface area contributed by atoms with Gasteiger partial charge in [0.2, 0.25) is 0 Å². The number of amides is 1. The molecule has 4 nitrogen and oxygen atoms in total. The molecule has 0 N–H and O–H groups in total. The predicted molar refractivity (Wildman–Crippen MR) is 141 cm³/mol. The maximum Gasteiger partial charge on any atom is 0.253 e. The number of carbonyl (C=O) groups excluding carboxylic acids is 1. The van der Waals surface area contributed by atoms with Crippen LogP contribution in [0, 0.1) is 18.8 Å². The third-order valence-corrected chi connectivity index (χ3v) is 7.56. The number of carbonyl (C=O) groups is 1. The molecule has 1 saturated heterocycles. The average Bonchev–Trinajstić information content (AvgIpc) is 3.43. The van der Waals surface area contributed by atoms with Crippen molar-refractivity contribution in [3.8, 4) is 5.75 Å². The van der Waals surface area contributed by atoms with E-state index < -0.39 is 0 Å². The number of methoxy groups -OCH3 is 1. The lowest BCUT2D eigenvalue weighted by Gasteiger charge is -2.30. The zero-order valence-electron chi connectivity index (χ0n) is 20.7. The molecular formula is C29H36N2O2S. The first kappa shape index (κ1) is 24.5. The van der Waals surface area contributed by atoms with Crippen LogP contribution in [0.1, 0.15) is 45.4 Å². The van der Waals surface area contributed by atoms with E-state index in [1.165, 1.54) is 15.3 Å². The largest absolute Gasteiger partial charge is 0.496 e. The molecule has 0 unspecified atom stereocenters. The van der Waals surface area contributed by atoms with Gasteiger partial charge in [0.1, 0.15) is 5.75 Å². The Hall–Kier alpha value is -2.63. The fraction of sp³-hybridized carbons (Fsp3) is 0.414. The van der Waals surface area contributed by atoms with Gasteiger partial charge in [0.05, 0.1) is 7.11 Å².